The molecule has 0 saturated carbocycles. The zero-order valence-corrected chi connectivity index (χ0v) is 17.4. The molecule has 11 nitrogen and oxygen atoms in total. The van der Waals surface area contributed by atoms with E-state index in [1.807, 2.05) is 0 Å². The Balaban J connectivity index is 2.27. The molecule has 0 fully saturated rings. The van der Waals surface area contributed by atoms with Gasteiger partial charge in [0.2, 0.25) is 11.7 Å². The van der Waals surface area contributed by atoms with Crippen LogP contribution in [0, 0.1) is 0 Å². The molecule has 3 rings (SSSR count). The monoisotopic (exact) mass is 465 g/mol. The van der Waals surface area contributed by atoms with Crippen LogP contribution in [0.15, 0.2) is 57.4 Å². The number of benzene rings is 2. The molecule has 0 radical (unpaired) electrons. The van der Waals surface area contributed by atoms with Gasteiger partial charge in [0.25, 0.3) is 20.2 Å². The van der Waals surface area contributed by atoms with E-state index in [-0.39, 0.29) is 16.8 Å². The van der Waals surface area contributed by atoms with Crippen molar-refractivity contribution in [2.45, 2.75) is 11.8 Å². The number of para-hydroxylation sites is 1. The molecule has 1 aliphatic rings. The summed E-state index contributed by atoms with van der Waals surface area (Å²) in [5.41, 5.74) is 1.39. The van der Waals surface area contributed by atoms with E-state index in [1.54, 1.807) is 30.3 Å². The quantitative estimate of drug-likeness (QED) is 0.378. The number of rotatable bonds is 5. The van der Waals surface area contributed by atoms with Crippen LogP contribution >= 0.6 is 0 Å². The smallest absolute Gasteiger partial charge is 0.296 e. The molecule has 0 spiro atoms. The molecule has 2 aromatic rings. The minimum Gasteiger partial charge on any atom is -0.326 e. The fraction of sp³-hybridized carbons (Fsp3) is 0.0556. The Morgan fingerprint density at radius 1 is 1.00 bits per heavy atom. The standard InChI is InChI=1S/C18H15N3O8S2/c1-10(22)19-14-9-13(30(24,25)26)7-11-8-15(31(27,28)29)17(18(23)16(11)14)21-20-12-5-3-2-4-6-12/h2-9,20H,1H3,(H,19,22)(H,24,25,26)(H,27,28,29)/b21-17+. The van der Waals surface area contributed by atoms with Crippen LogP contribution in [0.5, 0.6) is 0 Å². The molecule has 162 valence electrons. The fourth-order valence-corrected chi connectivity index (χ4v) is 4.02. The Bertz CT molecular complexity index is 1360. The van der Waals surface area contributed by atoms with Gasteiger partial charge in [0.1, 0.15) is 4.91 Å². The molecule has 0 unspecified atom stereocenters. The van der Waals surface area contributed by atoms with Crippen LogP contribution in [0.3, 0.4) is 0 Å². The second kappa shape index (κ2) is 8.03. The number of Topliss-reactive ketones (excluding diaryl/α,β-unsaturated/α-hetero) is 1. The lowest BCUT2D eigenvalue weighted by molar-refractivity contribution is -0.114. The molecular weight excluding hydrogens is 450 g/mol. The summed E-state index contributed by atoms with van der Waals surface area (Å²) in [7, 11) is -9.74. The Hall–Kier alpha value is -3.39. The molecule has 0 saturated heterocycles. The van der Waals surface area contributed by atoms with Crippen LogP contribution in [0.4, 0.5) is 11.4 Å². The number of nitrogens with zero attached hydrogens (tertiary/aromatic N) is 1. The molecule has 0 aromatic heterocycles. The summed E-state index contributed by atoms with van der Waals surface area (Å²) in [5, 5.41) is 6.07. The number of hydrogen-bond acceptors (Lipinski definition) is 8. The SMILES string of the molecule is CC(=O)Nc1cc(S(=O)(=O)O)cc2c1C(=O)/C(=N/Nc1ccccc1)C(S(=O)(=O)O)=C2. The van der Waals surface area contributed by atoms with E-state index in [9.17, 15) is 35.5 Å². The summed E-state index contributed by atoms with van der Waals surface area (Å²) in [6.45, 7) is 1.10. The van der Waals surface area contributed by atoms with E-state index in [0.717, 1.165) is 25.1 Å². The third kappa shape index (κ3) is 4.86. The molecule has 1 amide bonds. The molecule has 1 aliphatic carbocycles. The number of fused-ring (bicyclic) bond motifs is 1. The van der Waals surface area contributed by atoms with Crippen molar-refractivity contribution >= 4 is 55.1 Å². The largest absolute Gasteiger partial charge is 0.326 e. The molecule has 0 aliphatic heterocycles. The van der Waals surface area contributed by atoms with Gasteiger partial charge in [-0.05, 0) is 35.9 Å². The highest BCUT2D eigenvalue weighted by Crippen LogP contribution is 2.33. The number of nitrogens with one attached hydrogen (secondary N) is 2. The van der Waals surface area contributed by atoms with Crippen LogP contribution in [0.25, 0.3) is 6.08 Å². The Morgan fingerprint density at radius 2 is 1.65 bits per heavy atom. The molecule has 13 heteroatoms. The molecule has 31 heavy (non-hydrogen) atoms. The summed E-state index contributed by atoms with van der Waals surface area (Å²) >= 11 is 0. The van der Waals surface area contributed by atoms with E-state index >= 15 is 0 Å². The van der Waals surface area contributed by atoms with Crippen LogP contribution in [0.2, 0.25) is 0 Å². The third-order valence-electron chi connectivity index (χ3n) is 4.06. The van der Waals surface area contributed by atoms with Gasteiger partial charge in [-0.1, -0.05) is 18.2 Å². The predicted octanol–water partition coefficient (Wildman–Crippen LogP) is 1.78. The van der Waals surface area contributed by atoms with Crippen molar-refractivity contribution in [3.05, 3.63) is 58.5 Å². The number of anilines is 2. The zero-order chi connectivity index (χ0) is 23.0. The van der Waals surface area contributed by atoms with Crippen molar-refractivity contribution in [3.63, 3.8) is 0 Å². The summed E-state index contributed by atoms with van der Waals surface area (Å²) in [6, 6.07) is 9.89. The highest BCUT2D eigenvalue weighted by atomic mass is 32.2. The predicted molar refractivity (Wildman–Crippen MR) is 112 cm³/mol. The maximum Gasteiger partial charge on any atom is 0.296 e. The molecule has 0 bridgehead atoms. The van der Waals surface area contributed by atoms with Crippen molar-refractivity contribution in [1.29, 1.82) is 0 Å². The first-order valence-electron chi connectivity index (χ1n) is 8.44. The highest BCUT2D eigenvalue weighted by Gasteiger charge is 2.35. The summed E-state index contributed by atoms with van der Waals surface area (Å²) in [6.07, 6.45) is 0.817. The topological polar surface area (TPSA) is 179 Å². The highest BCUT2D eigenvalue weighted by molar-refractivity contribution is 7.91. The number of ketones is 1. The summed E-state index contributed by atoms with van der Waals surface area (Å²) < 4.78 is 65.9. The van der Waals surface area contributed by atoms with Crippen molar-refractivity contribution in [3.8, 4) is 0 Å². The second-order valence-electron chi connectivity index (χ2n) is 6.34. The van der Waals surface area contributed by atoms with Crippen molar-refractivity contribution in [2.75, 3.05) is 10.7 Å². The first-order chi connectivity index (χ1) is 14.4. The first-order valence-corrected chi connectivity index (χ1v) is 11.3. The van der Waals surface area contributed by atoms with Crippen molar-refractivity contribution in [2.24, 2.45) is 5.10 Å². The summed E-state index contributed by atoms with van der Waals surface area (Å²) in [4.78, 5) is 23.1. The number of carbonyl (C=O) groups excluding carboxylic acids is 2. The molecular formula is C18H15N3O8S2. The third-order valence-corrected chi connectivity index (χ3v) is 5.76. The lowest BCUT2D eigenvalue weighted by atomic mass is 9.93. The van der Waals surface area contributed by atoms with Gasteiger partial charge in [0, 0.05) is 6.92 Å². The van der Waals surface area contributed by atoms with Gasteiger partial charge < -0.3 is 5.32 Å². The maximum atomic E-state index is 13.1. The molecule has 2 aromatic carbocycles. The number of allylic oxidation sites excluding steroid dienone is 1. The normalized spacial score (nSPS) is 15.3. The van der Waals surface area contributed by atoms with Gasteiger partial charge in [-0.3, -0.25) is 24.1 Å². The minimum absolute atomic E-state index is 0.268. The van der Waals surface area contributed by atoms with Crippen molar-refractivity contribution < 1.29 is 35.5 Å². The van der Waals surface area contributed by atoms with Gasteiger partial charge in [-0.25, -0.2) is 0 Å². The second-order valence-corrected chi connectivity index (χ2v) is 9.15. The average molecular weight is 465 g/mol. The van der Waals surface area contributed by atoms with Gasteiger partial charge in [-0.2, -0.15) is 21.9 Å². The van der Waals surface area contributed by atoms with Crippen LogP contribution in [-0.2, 0) is 25.0 Å². The fourth-order valence-electron chi connectivity index (χ4n) is 2.82. The lowest BCUT2D eigenvalue weighted by Crippen LogP contribution is -2.28. The van der Waals surface area contributed by atoms with E-state index in [0.29, 0.717) is 5.69 Å². The maximum absolute atomic E-state index is 13.1. The Kier molecular flexibility index (Phi) is 5.78. The van der Waals surface area contributed by atoms with Crippen molar-refractivity contribution in [1.82, 2.24) is 0 Å². The van der Waals surface area contributed by atoms with E-state index in [1.165, 1.54) is 0 Å². The number of hydrogen-bond donors (Lipinski definition) is 4. The van der Waals surface area contributed by atoms with Gasteiger partial charge in [-0.15, -0.1) is 0 Å². The van der Waals surface area contributed by atoms with E-state index in [4.69, 9.17) is 0 Å². The first kappa shape index (κ1) is 22.3. The van der Waals surface area contributed by atoms with Crippen LogP contribution in [0.1, 0.15) is 22.8 Å². The summed E-state index contributed by atoms with van der Waals surface area (Å²) in [5.74, 6) is -1.67. The number of carbonyl (C=O) groups is 2. The van der Waals surface area contributed by atoms with Gasteiger partial charge >= 0.3 is 0 Å². The molecule has 4 N–H and O–H groups in total. The zero-order valence-electron chi connectivity index (χ0n) is 15.7. The minimum atomic E-state index is -4.97. The molecule has 0 atom stereocenters. The van der Waals surface area contributed by atoms with E-state index < -0.39 is 47.4 Å². The van der Waals surface area contributed by atoms with Gasteiger partial charge in [0.05, 0.1) is 21.8 Å². The van der Waals surface area contributed by atoms with Crippen LogP contribution in [-0.4, -0.2) is 43.3 Å². The Morgan fingerprint density at radius 3 is 2.19 bits per heavy atom. The van der Waals surface area contributed by atoms with E-state index in [2.05, 4.69) is 15.8 Å². The Labute approximate surface area is 177 Å². The van der Waals surface area contributed by atoms with Gasteiger partial charge in [0.15, 0.2) is 5.71 Å². The number of amides is 1. The number of hydrazone groups is 1. The molecule has 0 heterocycles. The lowest BCUT2D eigenvalue weighted by Gasteiger charge is -2.20. The van der Waals surface area contributed by atoms with Crippen LogP contribution < -0.4 is 10.7 Å². The average Bonchev–Trinajstić information content (AvgIpc) is 2.65.